The molecule has 0 saturated heterocycles. The minimum absolute atomic E-state index is 0.652. The molecule has 2 aliphatic heterocycles. The summed E-state index contributed by atoms with van der Waals surface area (Å²) in [5.74, 6) is 2.39. The molecule has 0 spiro atoms. The van der Waals surface area contributed by atoms with Gasteiger partial charge in [-0.25, -0.2) is 0 Å². The van der Waals surface area contributed by atoms with E-state index in [9.17, 15) is 4.79 Å². The van der Waals surface area contributed by atoms with Gasteiger partial charge in [0.1, 0.15) is 5.75 Å². The fourth-order valence-electron chi connectivity index (χ4n) is 4.66. The summed E-state index contributed by atoms with van der Waals surface area (Å²) in [6, 6.07) is 14.6. The van der Waals surface area contributed by atoms with Crippen molar-refractivity contribution in [3.63, 3.8) is 0 Å². The van der Waals surface area contributed by atoms with Gasteiger partial charge in [0.2, 0.25) is 6.41 Å². The van der Waals surface area contributed by atoms with Crippen LogP contribution in [0.25, 0.3) is 0 Å². The van der Waals surface area contributed by atoms with Gasteiger partial charge in [-0.3, -0.25) is 14.7 Å². The Balaban J connectivity index is 0.000000168. The Morgan fingerprint density at radius 2 is 1.51 bits per heavy atom. The van der Waals surface area contributed by atoms with Crippen molar-refractivity contribution in [2.24, 2.45) is 0 Å². The van der Waals surface area contributed by atoms with Crippen molar-refractivity contribution in [2.75, 3.05) is 34.4 Å². The number of hydrogen-bond acceptors (Lipinski definition) is 6. The molecule has 0 bridgehead atoms. The molecule has 2 aliphatic rings. The standard InChI is InChI=1S/C16H18N2O.C12H15NO3/c1-19-16-6-8-17-10-15(16)12-18-9-7-13-4-2-3-5-14(13)11-18;1-15-11-5-9-3-4-13(8-14)7-10(9)6-12(11)16-2/h2-6,8,10H,7,9,11-12H2,1H3;5-6,8H,3-4,7H2,1-2H3. The molecule has 0 fully saturated rings. The van der Waals surface area contributed by atoms with Crippen LogP contribution in [0.4, 0.5) is 0 Å². The van der Waals surface area contributed by atoms with E-state index in [4.69, 9.17) is 14.2 Å². The van der Waals surface area contributed by atoms with Gasteiger partial charge < -0.3 is 19.1 Å². The Hall–Kier alpha value is -3.58. The van der Waals surface area contributed by atoms with E-state index < -0.39 is 0 Å². The monoisotopic (exact) mass is 475 g/mol. The largest absolute Gasteiger partial charge is 0.496 e. The molecule has 3 heterocycles. The molecule has 0 aliphatic carbocycles. The van der Waals surface area contributed by atoms with Gasteiger partial charge in [-0.2, -0.15) is 0 Å². The molecule has 1 aromatic heterocycles. The van der Waals surface area contributed by atoms with Gasteiger partial charge in [0.25, 0.3) is 0 Å². The fraction of sp³-hybridized carbons (Fsp3) is 0.357. The Kier molecular flexibility index (Phi) is 8.21. The van der Waals surface area contributed by atoms with E-state index in [0.717, 1.165) is 68.1 Å². The van der Waals surface area contributed by atoms with Crippen molar-refractivity contribution >= 4 is 6.41 Å². The zero-order valence-electron chi connectivity index (χ0n) is 20.7. The summed E-state index contributed by atoms with van der Waals surface area (Å²) >= 11 is 0. The number of amides is 1. The van der Waals surface area contributed by atoms with E-state index in [0.29, 0.717) is 12.3 Å². The zero-order valence-corrected chi connectivity index (χ0v) is 20.7. The molecule has 184 valence electrons. The van der Waals surface area contributed by atoms with Crippen LogP contribution in [-0.4, -0.2) is 55.6 Å². The molecule has 3 aromatic rings. The van der Waals surface area contributed by atoms with Gasteiger partial charge >= 0.3 is 0 Å². The first kappa shape index (κ1) is 24.5. The highest BCUT2D eigenvalue weighted by Crippen LogP contribution is 2.33. The number of aromatic nitrogens is 1. The summed E-state index contributed by atoms with van der Waals surface area (Å²) in [4.78, 5) is 19.1. The number of rotatable bonds is 6. The van der Waals surface area contributed by atoms with E-state index >= 15 is 0 Å². The maximum atomic E-state index is 10.7. The van der Waals surface area contributed by atoms with Crippen LogP contribution < -0.4 is 14.2 Å². The molecular formula is C28H33N3O4. The molecule has 7 heteroatoms. The number of fused-ring (bicyclic) bond motifs is 2. The molecule has 0 radical (unpaired) electrons. The number of hydrogen-bond donors (Lipinski definition) is 0. The van der Waals surface area contributed by atoms with Crippen molar-refractivity contribution in [1.82, 2.24) is 14.8 Å². The lowest BCUT2D eigenvalue weighted by molar-refractivity contribution is -0.118. The molecule has 2 aromatic carbocycles. The minimum Gasteiger partial charge on any atom is -0.496 e. The van der Waals surface area contributed by atoms with E-state index in [2.05, 4.69) is 34.1 Å². The van der Waals surface area contributed by atoms with Gasteiger partial charge in [0.05, 0.1) is 21.3 Å². The van der Waals surface area contributed by atoms with Gasteiger partial charge in [-0.05, 0) is 53.3 Å². The number of carbonyl (C=O) groups excluding carboxylic acids is 1. The number of ether oxygens (including phenoxy) is 3. The van der Waals surface area contributed by atoms with Crippen LogP contribution in [0.5, 0.6) is 17.2 Å². The van der Waals surface area contributed by atoms with Crippen LogP contribution in [0.15, 0.2) is 54.9 Å². The quantitative estimate of drug-likeness (QED) is 0.505. The third kappa shape index (κ3) is 5.92. The number of pyridine rings is 1. The third-order valence-corrected chi connectivity index (χ3v) is 6.58. The minimum atomic E-state index is 0.652. The lowest BCUT2D eigenvalue weighted by Crippen LogP contribution is -2.30. The summed E-state index contributed by atoms with van der Waals surface area (Å²) in [6.45, 7) is 4.42. The summed E-state index contributed by atoms with van der Waals surface area (Å²) in [7, 11) is 4.96. The highest BCUT2D eigenvalue weighted by Gasteiger charge is 2.18. The molecule has 0 saturated carbocycles. The van der Waals surface area contributed by atoms with E-state index in [1.807, 2.05) is 24.4 Å². The molecule has 0 N–H and O–H groups in total. The second kappa shape index (κ2) is 11.7. The maximum absolute atomic E-state index is 10.7. The van der Waals surface area contributed by atoms with Gasteiger partial charge in [0.15, 0.2) is 11.5 Å². The van der Waals surface area contributed by atoms with Gasteiger partial charge in [-0.1, -0.05) is 24.3 Å². The average Bonchev–Trinajstić information content (AvgIpc) is 2.92. The number of nitrogens with zero attached hydrogens (tertiary/aromatic N) is 3. The third-order valence-electron chi connectivity index (χ3n) is 6.58. The first-order valence-corrected chi connectivity index (χ1v) is 11.8. The summed E-state index contributed by atoms with van der Waals surface area (Å²) in [5, 5.41) is 0. The smallest absolute Gasteiger partial charge is 0.210 e. The van der Waals surface area contributed by atoms with Crippen LogP contribution in [0.3, 0.4) is 0 Å². The molecule has 5 rings (SSSR count). The van der Waals surface area contributed by atoms with Crippen LogP contribution in [-0.2, 0) is 37.3 Å². The fourth-order valence-corrected chi connectivity index (χ4v) is 4.66. The molecule has 7 nitrogen and oxygen atoms in total. The zero-order chi connectivity index (χ0) is 24.6. The van der Waals surface area contributed by atoms with Crippen molar-refractivity contribution in [3.05, 3.63) is 82.7 Å². The topological polar surface area (TPSA) is 64.1 Å². The molecule has 1 amide bonds. The lowest BCUT2D eigenvalue weighted by atomic mass is 9.99. The maximum Gasteiger partial charge on any atom is 0.210 e. The van der Waals surface area contributed by atoms with Crippen molar-refractivity contribution in [2.45, 2.75) is 32.5 Å². The van der Waals surface area contributed by atoms with Crippen LogP contribution in [0, 0.1) is 0 Å². The summed E-state index contributed by atoms with van der Waals surface area (Å²) in [6.07, 6.45) is 6.56. The van der Waals surface area contributed by atoms with E-state index in [1.165, 1.54) is 16.7 Å². The Morgan fingerprint density at radius 3 is 2.23 bits per heavy atom. The lowest BCUT2D eigenvalue weighted by Gasteiger charge is -2.29. The number of carbonyl (C=O) groups is 1. The predicted molar refractivity (Wildman–Crippen MR) is 135 cm³/mol. The normalized spacial score (nSPS) is 14.7. The average molecular weight is 476 g/mol. The Bertz CT molecular complexity index is 1150. The molecule has 0 unspecified atom stereocenters. The highest BCUT2D eigenvalue weighted by atomic mass is 16.5. The number of methoxy groups -OCH3 is 3. The highest BCUT2D eigenvalue weighted by molar-refractivity contribution is 5.53. The molecule has 0 atom stereocenters. The van der Waals surface area contributed by atoms with Crippen molar-refractivity contribution in [1.29, 1.82) is 0 Å². The van der Waals surface area contributed by atoms with Gasteiger partial charge in [0, 0.05) is 50.7 Å². The predicted octanol–water partition coefficient (Wildman–Crippen LogP) is 3.87. The summed E-state index contributed by atoms with van der Waals surface area (Å²) < 4.78 is 15.9. The van der Waals surface area contributed by atoms with Crippen molar-refractivity contribution in [3.8, 4) is 17.2 Å². The van der Waals surface area contributed by atoms with Crippen LogP contribution >= 0.6 is 0 Å². The SMILES string of the molecule is COc1cc2c(cc1OC)CN(C=O)CC2.COc1ccncc1CN1CCc2ccccc2C1. The van der Waals surface area contributed by atoms with Crippen molar-refractivity contribution < 1.29 is 19.0 Å². The van der Waals surface area contributed by atoms with Crippen LogP contribution in [0.1, 0.15) is 27.8 Å². The Morgan fingerprint density at radius 1 is 0.829 bits per heavy atom. The molecule has 35 heavy (non-hydrogen) atoms. The second-order valence-corrected chi connectivity index (χ2v) is 8.72. The summed E-state index contributed by atoms with van der Waals surface area (Å²) in [5.41, 5.74) is 6.45. The van der Waals surface area contributed by atoms with Crippen LogP contribution in [0.2, 0.25) is 0 Å². The first-order valence-electron chi connectivity index (χ1n) is 11.8. The first-order chi connectivity index (χ1) is 17.1. The van der Waals surface area contributed by atoms with Gasteiger partial charge in [-0.15, -0.1) is 0 Å². The second-order valence-electron chi connectivity index (χ2n) is 8.72. The van der Waals surface area contributed by atoms with E-state index in [-0.39, 0.29) is 0 Å². The Labute approximate surface area is 207 Å². The molecular weight excluding hydrogens is 442 g/mol. The number of benzene rings is 2. The van der Waals surface area contributed by atoms with E-state index in [1.54, 1.807) is 32.4 Å².